The van der Waals surface area contributed by atoms with E-state index in [2.05, 4.69) is 24.3 Å². The van der Waals surface area contributed by atoms with Gasteiger partial charge in [-0.2, -0.15) is 0 Å². The number of fused-ring (bicyclic) bond motifs is 5. The molecule has 2 fully saturated rings. The highest BCUT2D eigenvalue weighted by Gasteiger charge is 2.59. The number of rotatable bonds is 4. The summed E-state index contributed by atoms with van der Waals surface area (Å²) < 4.78 is 11.7. The quantitative estimate of drug-likeness (QED) is 0.631. The molecular weight excluding hydrogens is 388 g/mol. The van der Waals surface area contributed by atoms with Crippen molar-refractivity contribution >= 4 is 11.9 Å². The highest BCUT2D eigenvalue weighted by atomic mass is 16.6. The first kappa shape index (κ1) is 20.3. The van der Waals surface area contributed by atoms with E-state index in [1.807, 2.05) is 18.2 Å². The number of esters is 2. The van der Waals surface area contributed by atoms with Gasteiger partial charge in [-0.1, -0.05) is 42.5 Å². The van der Waals surface area contributed by atoms with E-state index in [0.717, 1.165) is 38.5 Å². The molecule has 0 heterocycles. The normalized spacial score (nSPS) is 31.1. The predicted molar refractivity (Wildman–Crippen MR) is 118 cm³/mol. The van der Waals surface area contributed by atoms with Crippen molar-refractivity contribution < 1.29 is 19.1 Å². The second-order valence-corrected chi connectivity index (χ2v) is 9.50. The van der Waals surface area contributed by atoms with E-state index in [9.17, 15) is 9.59 Å². The number of hydrogen-bond acceptors (Lipinski definition) is 4. The topological polar surface area (TPSA) is 52.6 Å². The van der Waals surface area contributed by atoms with E-state index >= 15 is 0 Å². The summed E-state index contributed by atoms with van der Waals surface area (Å²) in [4.78, 5) is 24.6. The number of ether oxygens (including phenoxy) is 2. The second kappa shape index (κ2) is 8.14. The minimum Gasteiger partial charge on any atom is -0.465 e. The molecule has 31 heavy (non-hydrogen) atoms. The molecular formula is C27H30O4. The minimum absolute atomic E-state index is 0.206. The molecule has 4 heteroatoms. The smallest absolute Gasteiger partial charge is 0.338 e. The van der Waals surface area contributed by atoms with Crippen LogP contribution in [0.1, 0.15) is 66.4 Å². The first-order valence-electron chi connectivity index (χ1n) is 11.6. The van der Waals surface area contributed by atoms with E-state index in [-0.39, 0.29) is 23.5 Å². The Morgan fingerprint density at radius 2 is 1.74 bits per heavy atom. The maximum atomic E-state index is 12.9. The highest BCUT2D eigenvalue weighted by Crippen LogP contribution is 2.61. The first-order chi connectivity index (χ1) is 15.1. The molecule has 2 saturated carbocycles. The van der Waals surface area contributed by atoms with Gasteiger partial charge in [-0.25, -0.2) is 4.79 Å². The van der Waals surface area contributed by atoms with Crippen molar-refractivity contribution in [3.05, 3.63) is 71.3 Å². The lowest BCUT2D eigenvalue weighted by Gasteiger charge is -2.51. The van der Waals surface area contributed by atoms with Crippen LogP contribution in [0.4, 0.5) is 0 Å². The summed E-state index contributed by atoms with van der Waals surface area (Å²) in [5, 5.41) is 0. The fraction of sp³-hybridized carbons (Fsp3) is 0.481. The van der Waals surface area contributed by atoms with E-state index in [4.69, 9.17) is 9.47 Å². The minimum atomic E-state index is -0.274. The standard InChI is InChI=1S/C27H30O4/c1-18(28)30-17-27-16-15-22-21-10-6-5-7-19(21)11-12-23(22)24(27)13-14-25(27)31-26(29)20-8-3-2-4-9-20/h2-10,22-25H,11-17H2,1H3/t22-,23-,24+,25+,27-/m1/s1. The molecule has 4 nitrogen and oxygen atoms in total. The van der Waals surface area contributed by atoms with Crippen molar-refractivity contribution in [1.29, 1.82) is 0 Å². The van der Waals surface area contributed by atoms with Crippen molar-refractivity contribution in [2.45, 2.75) is 57.5 Å². The van der Waals surface area contributed by atoms with Gasteiger partial charge in [0.2, 0.25) is 0 Å². The molecule has 0 unspecified atom stereocenters. The van der Waals surface area contributed by atoms with Crippen molar-refractivity contribution in [2.75, 3.05) is 6.61 Å². The van der Waals surface area contributed by atoms with Gasteiger partial charge in [0.05, 0.1) is 5.56 Å². The number of carbonyl (C=O) groups excluding carboxylic acids is 2. The Labute approximate surface area is 183 Å². The molecule has 0 aromatic heterocycles. The fourth-order valence-electron chi connectivity index (χ4n) is 6.74. The summed E-state index contributed by atoms with van der Waals surface area (Å²) in [5.74, 6) is 0.991. The van der Waals surface area contributed by atoms with Gasteiger partial charge in [-0.05, 0) is 79.5 Å². The van der Waals surface area contributed by atoms with Crippen molar-refractivity contribution in [3.8, 4) is 0 Å². The van der Waals surface area contributed by atoms with Gasteiger partial charge < -0.3 is 9.47 Å². The number of aryl methyl sites for hydroxylation is 1. The third-order valence-electron chi connectivity index (χ3n) is 8.08. The summed E-state index contributed by atoms with van der Waals surface area (Å²) in [6.07, 6.45) is 5.90. The third kappa shape index (κ3) is 3.56. The molecule has 5 atom stereocenters. The molecule has 3 aliphatic carbocycles. The zero-order valence-corrected chi connectivity index (χ0v) is 18.1. The van der Waals surface area contributed by atoms with Gasteiger partial charge in [0.25, 0.3) is 0 Å². The fourth-order valence-corrected chi connectivity index (χ4v) is 6.74. The summed E-state index contributed by atoms with van der Waals surface area (Å²) in [6.45, 7) is 1.82. The number of carbonyl (C=O) groups is 2. The Balaban J connectivity index is 1.43. The summed E-state index contributed by atoms with van der Waals surface area (Å²) in [7, 11) is 0. The van der Waals surface area contributed by atoms with Crippen molar-refractivity contribution in [2.24, 2.45) is 17.3 Å². The monoisotopic (exact) mass is 418 g/mol. The molecule has 0 amide bonds. The van der Waals surface area contributed by atoms with Gasteiger partial charge in [0, 0.05) is 12.3 Å². The molecule has 0 spiro atoms. The lowest BCUT2D eigenvalue weighted by atomic mass is 9.55. The first-order valence-corrected chi connectivity index (χ1v) is 11.6. The molecule has 5 rings (SSSR count). The summed E-state index contributed by atoms with van der Waals surface area (Å²) in [6, 6.07) is 18.1. The van der Waals surface area contributed by atoms with Crippen LogP contribution >= 0.6 is 0 Å². The van der Waals surface area contributed by atoms with Gasteiger partial charge in [0.1, 0.15) is 12.7 Å². The van der Waals surface area contributed by atoms with Crippen LogP contribution in [0.5, 0.6) is 0 Å². The molecule has 0 radical (unpaired) electrons. The molecule has 0 bridgehead atoms. The van der Waals surface area contributed by atoms with Gasteiger partial charge in [-0.15, -0.1) is 0 Å². The lowest BCUT2D eigenvalue weighted by Crippen LogP contribution is -2.50. The van der Waals surface area contributed by atoms with Crippen molar-refractivity contribution in [3.63, 3.8) is 0 Å². The molecule has 0 saturated heterocycles. The van der Waals surface area contributed by atoms with Gasteiger partial charge in [-0.3, -0.25) is 4.79 Å². The maximum Gasteiger partial charge on any atom is 0.338 e. The Kier molecular flexibility index (Phi) is 5.33. The zero-order valence-electron chi connectivity index (χ0n) is 18.1. The summed E-state index contributed by atoms with van der Waals surface area (Å²) in [5.41, 5.74) is 3.29. The SMILES string of the molecule is CC(=O)OC[C@]12CC[C@@H]3c4ccccc4CC[C@H]3[C@@H]1CC[C@@H]2OC(=O)c1ccccc1. The van der Waals surface area contributed by atoms with Crippen LogP contribution in [0.25, 0.3) is 0 Å². The Morgan fingerprint density at radius 3 is 2.55 bits per heavy atom. The molecule has 0 aliphatic heterocycles. The van der Waals surface area contributed by atoms with E-state index in [1.165, 1.54) is 18.1 Å². The zero-order chi connectivity index (χ0) is 21.4. The third-order valence-corrected chi connectivity index (χ3v) is 8.08. The molecule has 3 aliphatic rings. The maximum absolute atomic E-state index is 12.9. The van der Waals surface area contributed by atoms with Crippen molar-refractivity contribution in [1.82, 2.24) is 0 Å². The molecule has 162 valence electrons. The Morgan fingerprint density at radius 1 is 0.968 bits per heavy atom. The Bertz CT molecular complexity index is 968. The van der Waals surface area contributed by atoms with Gasteiger partial charge >= 0.3 is 11.9 Å². The average Bonchev–Trinajstić information content (AvgIpc) is 3.16. The number of benzene rings is 2. The molecule has 2 aromatic rings. The average molecular weight is 419 g/mol. The van der Waals surface area contributed by atoms with Crippen LogP contribution in [0, 0.1) is 17.3 Å². The largest absolute Gasteiger partial charge is 0.465 e. The van der Waals surface area contributed by atoms with Gasteiger partial charge in [0.15, 0.2) is 0 Å². The van der Waals surface area contributed by atoms with Crippen LogP contribution in [-0.2, 0) is 20.7 Å². The van der Waals surface area contributed by atoms with Crippen LogP contribution in [0.3, 0.4) is 0 Å². The number of hydrogen-bond donors (Lipinski definition) is 0. The predicted octanol–water partition coefficient (Wildman–Crippen LogP) is 5.31. The lowest BCUT2D eigenvalue weighted by molar-refractivity contribution is -0.153. The molecule has 0 N–H and O–H groups in total. The highest BCUT2D eigenvalue weighted by molar-refractivity contribution is 5.89. The summed E-state index contributed by atoms with van der Waals surface area (Å²) >= 11 is 0. The van der Waals surface area contributed by atoms with Crippen LogP contribution in [0.15, 0.2) is 54.6 Å². The van der Waals surface area contributed by atoms with E-state index < -0.39 is 0 Å². The molecule has 2 aromatic carbocycles. The second-order valence-electron chi connectivity index (χ2n) is 9.50. The van der Waals surface area contributed by atoms with Crippen LogP contribution in [-0.4, -0.2) is 24.6 Å². The Hall–Kier alpha value is -2.62. The van der Waals surface area contributed by atoms with E-state index in [0.29, 0.717) is 29.9 Å². The van der Waals surface area contributed by atoms with Crippen LogP contribution in [0.2, 0.25) is 0 Å². The van der Waals surface area contributed by atoms with Crippen LogP contribution < -0.4 is 0 Å². The van der Waals surface area contributed by atoms with E-state index in [1.54, 1.807) is 12.1 Å².